The molecule has 9 heteroatoms. The minimum atomic E-state index is -0.484. The number of hydrogen-bond acceptors (Lipinski definition) is 5. The molecule has 3 aromatic rings. The summed E-state index contributed by atoms with van der Waals surface area (Å²) in [7, 11) is 1.60. The number of nitrogens with zero attached hydrogens (tertiary/aromatic N) is 2. The summed E-state index contributed by atoms with van der Waals surface area (Å²) < 4.78 is 21.4. The van der Waals surface area contributed by atoms with Gasteiger partial charge in [-0.3, -0.25) is 14.2 Å². The monoisotopic (exact) mass is 456 g/mol. The molecule has 4 rings (SSSR count). The highest BCUT2D eigenvalue weighted by Gasteiger charge is 2.20. The molecule has 1 amide bonds. The van der Waals surface area contributed by atoms with E-state index in [2.05, 4.69) is 15.2 Å². The van der Waals surface area contributed by atoms with Crippen molar-refractivity contribution in [2.45, 2.75) is 25.8 Å². The van der Waals surface area contributed by atoms with Crippen LogP contribution in [-0.2, 0) is 11.3 Å². The van der Waals surface area contributed by atoms with E-state index in [1.807, 2.05) is 6.07 Å². The molecule has 1 fully saturated rings. The average Bonchev–Trinajstić information content (AvgIpc) is 3.31. The van der Waals surface area contributed by atoms with E-state index in [0.717, 1.165) is 25.9 Å². The van der Waals surface area contributed by atoms with Gasteiger partial charge in [-0.15, -0.1) is 0 Å². The molecule has 0 bridgehead atoms. The van der Waals surface area contributed by atoms with Gasteiger partial charge in [-0.1, -0.05) is 6.07 Å². The minimum Gasteiger partial charge on any atom is -0.385 e. The van der Waals surface area contributed by atoms with E-state index in [0.29, 0.717) is 41.7 Å². The maximum Gasteiger partial charge on any atom is 0.262 e. The number of halogens is 1. The number of ether oxygens (including phenoxy) is 1. The zero-order valence-corrected chi connectivity index (χ0v) is 18.6. The van der Waals surface area contributed by atoms with Gasteiger partial charge in [0.15, 0.2) is 4.77 Å². The predicted molar refractivity (Wildman–Crippen MR) is 126 cm³/mol. The van der Waals surface area contributed by atoms with Crippen LogP contribution < -0.4 is 15.8 Å². The Balaban J connectivity index is 1.63. The zero-order chi connectivity index (χ0) is 22.7. The molecule has 0 spiro atoms. The van der Waals surface area contributed by atoms with E-state index < -0.39 is 11.7 Å². The number of aromatic amines is 1. The first-order valence-corrected chi connectivity index (χ1v) is 11.0. The number of anilines is 2. The Labute approximate surface area is 189 Å². The quantitative estimate of drug-likeness (QED) is 0.414. The number of rotatable bonds is 7. The van der Waals surface area contributed by atoms with E-state index in [4.69, 9.17) is 17.0 Å². The SMILES string of the molecule is COCCCn1c(=S)[nH]c2cc(C(=O)Nc3c(F)cccc3N3CCCC3)ccc2c1=O. The Hall–Kier alpha value is -3.04. The predicted octanol–water partition coefficient (Wildman–Crippen LogP) is 4.09. The lowest BCUT2D eigenvalue weighted by atomic mass is 10.1. The lowest BCUT2D eigenvalue weighted by molar-refractivity contribution is 0.102. The molecule has 0 unspecified atom stereocenters. The molecule has 0 aliphatic carbocycles. The number of carbonyl (C=O) groups excluding carboxylic acids is 1. The molecule has 2 heterocycles. The largest absolute Gasteiger partial charge is 0.385 e. The molecular formula is C23H25FN4O3S. The third kappa shape index (κ3) is 4.44. The number of H-pyrrole nitrogens is 1. The van der Waals surface area contributed by atoms with Crippen molar-refractivity contribution < 1.29 is 13.9 Å². The molecule has 0 radical (unpaired) electrons. The van der Waals surface area contributed by atoms with Gasteiger partial charge in [0.1, 0.15) is 11.5 Å². The maximum absolute atomic E-state index is 14.6. The normalized spacial score (nSPS) is 13.6. The van der Waals surface area contributed by atoms with Crippen molar-refractivity contribution in [1.82, 2.24) is 9.55 Å². The number of amides is 1. The van der Waals surface area contributed by atoms with Crippen molar-refractivity contribution in [3.8, 4) is 0 Å². The molecular weight excluding hydrogens is 431 g/mol. The van der Waals surface area contributed by atoms with Crippen LogP contribution in [0.4, 0.5) is 15.8 Å². The number of carbonyl (C=O) groups is 1. The van der Waals surface area contributed by atoms with Gasteiger partial charge in [-0.05, 0) is 61.8 Å². The summed E-state index contributed by atoms with van der Waals surface area (Å²) in [6, 6.07) is 9.51. The van der Waals surface area contributed by atoms with Gasteiger partial charge in [0.25, 0.3) is 11.5 Å². The summed E-state index contributed by atoms with van der Waals surface area (Å²) in [4.78, 5) is 30.9. The van der Waals surface area contributed by atoms with Gasteiger partial charge in [-0.25, -0.2) is 4.39 Å². The first kappa shape index (κ1) is 22.2. The summed E-state index contributed by atoms with van der Waals surface area (Å²) in [6.45, 7) is 2.62. The Kier molecular flexibility index (Phi) is 6.66. The van der Waals surface area contributed by atoms with E-state index in [1.54, 1.807) is 31.4 Å². The number of methoxy groups -OCH3 is 1. The van der Waals surface area contributed by atoms with Crippen LogP contribution >= 0.6 is 12.2 Å². The van der Waals surface area contributed by atoms with Crippen molar-refractivity contribution in [3.63, 3.8) is 0 Å². The van der Waals surface area contributed by atoms with Crippen LogP contribution in [0.3, 0.4) is 0 Å². The molecule has 0 saturated carbocycles. The molecule has 2 aromatic carbocycles. The minimum absolute atomic E-state index is 0.168. The molecule has 1 aromatic heterocycles. The summed E-state index contributed by atoms with van der Waals surface area (Å²) in [6.07, 6.45) is 2.73. The van der Waals surface area contributed by atoms with Gasteiger partial charge in [0.05, 0.1) is 16.6 Å². The van der Waals surface area contributed by atoms with E-state index in [9.17, 15) is 14.0 Å². The summed E-state index contributed by atoms with van der Waals surface area (Å²) >= 11 is 5.34. The van der Waals surface area contributed by atoms with Gasteiger partial charge in [0, 0.05) is 38.9 Å². The summed E-state index contributed by atoms with van der Waals surface area (Å²) in [5, 5.41) is 3.15. The molecule has 168 valence electrons. The molecule has 1 aliphatic rings. The lowest BCUT2D eigenvalue weighted by Gasteiger charge is -2.22. The Morgan fingerprint density at radius 1 is 1.25 bits per heavy atom. The molecule has 32 heavy (non-hydrogen) atoms. The van der Waals surface area contributed by atoms with Crippen molar-refractivity contribution in [3.05, 3.63) is 62.9 Å². The van der Waals surface area contributed by atoms with E-state index in [1.165, 1.54) is 10.6 Å². The number of hydrogen-bond donors (Lipinski definition) is 2. The Morgan fingerprint density at radius 3 is 2.78 bits per heavy atom. The number of nitrogens with one attached hydrogen (secondary N) is 2. The standard InChI is InChI=1S/C23H25FN4O3S/c1-31-13-5-12-28-22(30)16-9-8-15(14-18(16)25-23(28)32)21(29)26-20-17(24)6-4-7-19(20)27-10-2-3-11-27/h4,6-9,14H,2-3,5,10-13H2,1H3,(H,25,32)(H,26,29). The van der Waals surface area contributed by atoms with Crippen LogP contribution in [0.5, 0.6) is 0 Å². The molecule has 1 saturated heterocycles. The van der Waals surface area contributed by atoms with Gasteiger partial charge in [0.2, 0.25) is 0 Å². The van der Waals surface area contributed by atoms with Gasteiger partial charge >= 0.3 is 0 Å². The highest BCUT2D eigenvalue weighted by molar-refractivity contribution is 7.71. The topological polar surface area (TPSA) is 79.4 Å². The fourth-order valence-corrected chi connectivity index (χ4v) is 4.29. The fraction of sp³-hybridized carbons (Fsp3) is 0.348. The third-order valence-corrected chi connectivity index (χ3v) is 5.97. The maximum atomic E-state index is 14.6. The van der Waals surface area contributed by atoms with Crippen LogP contribution in [-0.4, -0.2) is 42.3 Å². The Morgan fingerprint density at radius 2 is 2.03 bits per heavy atom. The first-order chi connectivity index (χ1) is 15.5. The van der Waals surface area contributed by atoms with Crippen LogP contribution in [0.1, 0.15) is 29.6 Å². The van der Waals surface area contributed by atoms with Gasteiger partial charge < -0.3 is 19.9 Å². The highest BCUT2D eigenvalue weighted by atomic mass is 32.1. The zero-order valence-electron chi connectivity index (χ0n) is 17.8. The van der Waals surface area contributed by atoms with Crippen molar-refractivity contribution in [1.29, 1.82) is 0 Å². The number of benzene rings is 2. The third-order valence-electron chi connectivity index (χ3n) is 5.65. The second kappa shape index (κ2) is 9.62. The summed E-state index contributed by atoms with van der Waals surface area (Å²) in [5.74, 6) is -0.942. The lowest BCUT2D eigenvalue weighted by Crippen LogP contribution is -2.23. The summed E-state index contributed by atoms with van der Waals surface area (Å²) in [5.41, 5.74) is 1.38. The molecule has 2 N–H and O–H groups in total. The van der Waals surface area contributed by atoms with Crippen molar-refractivity contribution >= 4 is 40.4 Å². The second-order valence-electron chi connectivity index (χ2n) is 7.78. The first-order valence-electron chi connectivity index (χ1n) is 10.6. The Bertz CT molecular complexity index is 1260. The highest BCUT2D eigenvalue weighted by Crippen LogP contribution is 2.31. The second-order valence-corrected chi connectivity index (χ2v) is 8.16. The average molecular weight is 457 g/mol. The van der Waals surface area contributed by atoms with Crippen LogP contribution in [0.2, 0.25) is 0 Å². The van der Waals surface area contributed by atoms with Crippen LogP contribution in [0.15, 0.2) is 41.2 Å². The van der Waals surface area contributed by atoms with E-state index >= 15 is 0 Å². The number of aromatic nitrogens is 2. The van der Waals surface area contributed by atoms with Crippen molar-refractivity contribution in [2.24, 2.45) is 0 Å². The van der Waals surface area contributed by atoms with Crippen molar-refractivity contribution in [2.75, 3.05) is 37.0 Å². The van der Waals surface area contributed by atoms with Gasteiger partial charge in [-0.2, -0.15) is 0 Å². The van der Waals surface area contributed by atoms with Crippen LogP contribution in [0.25, 0.3) is 10.9 Å². The molecule has 0 atom stereocenters. The van der Waals surface area contributed by atoms with E-state index in [-0.39, 0.29) is 16.0 Å². The molecule has 1 aliphatic heterocycles. The molecule has 7 nitrogen and oxygen atoms in total. The fourth-order valence-electron chi connectivity index (χ4n) is 4.01. The smallest absolute Gasteiger partial charge is 0.262 e. The van der Waals surface area contributed by atoms with Crippen LogP contribution in [0, 0.1) is 10.6 Å². The number of para-hydroxylation sites is 1. The number of fused-ring (bicyclic) bond motifs is 1.